The molecule has 0 aliphatic carbocycles. The minimum atomic E-state index is 0.00571. The van der Waals surface area contributed by atoms with Crippen molar-refractivity contribution >= 4 is 29.0 Å². The van der Waals surface area contributed by atoms with Gasteiger partial charge < -0.3 is 9.88 Å². The van der Waals surface area contributed by atoms with Crippen LogP contribution in [0.25, 0.3) is 0 Å². The Labute approximate surface area is 161 Å². The van der Waals surface area contributed by atoms with Gasteiger partial charge >= 0.3 is 0 Å². The van der Waals surface area contributed by atoms with Crippen LogP contribution in [0.15, 0.2) is 53.0 Å². The molecule has 0 fully saturated rings. The van der Waals surface area contributed by atoms with E-state index < -0.39 is 0 Å². The summed E-state index contributed by atoms with van der Waals surface area (Å²) in [7, 11) is 0. The predicted octanol–water partition coefficient (Wildman–Crippen LogP) is 3.92. The van der Waals surface area contributed by atoms with Crippen LogP contribution in [0.4, 0.5) is 0 Å². The van der Waals surface area contributed by atoms with Crippen LogP contribution in [0.3, 0.4) is 0 Å². The first-order valence-electron chi connectivity index (χ1n) is 8.59. The third kappa shape index (κ3) is 4.74. The van der Waals surface area contributed by atoms with E-state index in [-0.39, 0.29) is 11.9 Å². The summed E-state index contributed by atoms with van der Waals surface area (Å²) in [6, 6.07) is 14.3. The van der Waals surface area contributed by atoms with Crippen LogP contribution in [0.1, 0.15) is 36.2 Å². The molecule has 0 saturated carbocycles. The molecule has 1 atom stereocenters. The number of thioether (sulfide) groups is 1. The second kappa shape index (κ2) is 9.00. The molecule has 0 spiro atoms. The summed E-state index contributed by atoms with van der Waals surface area (Å²) in [5.41, 5.74) is 1.20. The van der Waals surface area contributed by atoms with Gasteiger partial charge in [0.2, 0.25) is 5.91 Å². The number of hydrogen-bond donors (Lipinski definition) is 1. The lowest BCUT2D eigenvalue weighted by molar-refractivity contribution is -0.119. The van der Waals surface area contributed by atoms with Crippen LogP contribution in [0.2, 0.25) is 0 Å². The summed E-state index contributed by atoms with van der Waals surface area (Å²) < 4.78 is 2.08. The molecule has 0 bridgehead atoms. The van der Waals surface area contributed by atoms with Gasteiger partial charge in [0.05, 0.1) is 11.8 Å². The topological polar surface area (TPSA) is 59.8 Å². The van der Waals surface area contributed by atoms with Gasteiger partial charge in [0.25, 0.3) is 0 Å². The van der Waals surface area contributed by atoms with Gasteiger partial charge in [0.15, 0.2) is 5.16 Å². The van der Waals surface area contributed by atoms with Crippen LogP contribution in [0.5, 0.6) is 0 Å². The standard InChI is InChI=1S/C19H22N4OS2/c1-3-23-17(12-15-8-5-4-6-9-15)21-22-19(23)26-13-18(24)20-14(2)16-10-7-11-25-16/h4-11,14H,3,12-13H2,1-2H3,(H,20,24). The largest absolute Gasteiger partial charge is 0.348 e. The number of benzene rings is 1. The fourth-order valence-electron chi connectivity index (χ4n) is 2.67. The average molecular weight is 387 g/mol. The molecule has 0 aliphatic heterocycles. The molecule has 0 radical (unpaired) electrons. The molecule has 3 aromatic rings. The van der Waals surface area contributed by atoms with E-state index in [0.717, 1.165) is 28.8 Å². The zero-order valence-electron chi connectivity index (χ0n) is 14.9. The van der Waals surface area contributed by atoms with Crippen LogP contribution in [0, 0.1) is 0 Å². The SMILES string of the molecule is CCn1c(Cc2ccccc2)nnc1SCC(=O)NC(C)c1cccs1. The smallest absolute Gasteiger partial charge is 0.230 e. The third-order valence-corrected chi connectivity index (χ3v) is 6.02. The highest BCUT2D eigenvalue weighted by Gasteiger charge is 2.15. The molecule has 0 saturated heterocycles. The molecule has 0 aliphatic rings. The Balaban J connectivity index is 1.58. The Kier molecular flexibility index (Phi) is 6.46. The molecule has 1 unspecified atom stereocenters. The van der Waals surface area contributed by atoms with Gasteiger partial charge in [-0.3, -0.25) is 4.79 Å². The monoisotopic (exact) mass is 386 g/mol. The Bertz CT molecular complexity index is 831. The summed E-state index contributed by atoms with van der Waals surface area (Å²) in [5.74, 6) is 1.26. The summed E-state index contributed by atoms with van der Waals surface area (Å²) in [5, 5.41) is 14.4. The Morgan fingerprint density at radius 2 is 2.04 bits per heavy atom. The molecule has 3 rings (SSSR count). The van der Waals surface area contributed by atoms with E-state index in [0.29, 0.717) is 5.75 Å². The van der Waals surface area contributed by atoms with Crippen LogP contribution < -0.4 is 5.32 Å². The van der Waals surface area contributed by atoms with E-state index >= 15 is 0 Å². The summed E-state index contributed by atoms with van der Waals surface area (Å²) in [4.78, 5) is 13.4. The molecule has 5 nitrogen and oxygen atoms in total. The second-order valence-corrected chi connectivity index (χ2v) is 7.82. The van der Waals surface area contributed by atoms with Gasteiger partial charge in [-0.2, -0.15) is 0 Å². The first-order valence-corrected chi connectivity index (χ1v) is 10.5. The highest BCUT2D eigenvalue weighted by atomic mass is 32.2. The number of nitrogens with one attached hydrogen (secondary N) is 1. The number of nitrogens with zero attached hydrogens (tertiary/aromatic N) is 3. The normalized spacial score (nSPS) is 12.1. The van der Waals surface area contributed by atoms with E-state index in [4.69, 9.17) is 0 Å². The van der Waals surface area contributed by atoms with Crippen LogP contribution in [-0.2, 0) is 17.8 Å². The van der Waals surface area contributed by atoms with E-state index in [9.17, 15) is 4.79 Å². The molecule has 1 aromatic carbocycles. The fourth-order valence-corrected chi connectivity index (χ4v) is 4.24. The quantitative estimate of drug-likeness (QED) is 0.596. The van der Waals surface area contributed by atoms with Crippen molar-refractivity contribution in [1.29, 1.82) is 0 Å². The summed E-state index contributed by atoms with van der Waals surface area (Å²) in [6.45, 7) is 4.85. The number of thiophene rings is 1. The number of hydrogen-bond acceptors (Lipinski definition) is 5. The van der Waals surface area contributed by atoms with Crippen molar-refractivity contribution in [3.8, 4) is 0 Å². The molecule has 2 aromatic heterocycles. The molecule has 136 valence electrons. The molecule has 7 heteroatoms. The van der Waals surface area contributed by atoms with E-state index in [1.807, 2.05) is 42.6 Å². The van der Waals surface area contributed by atoms with Gasteiger partial charge in [-0.25, -0.2) is 0 Å². The average Bonchev–Trinajstić information content (AvgIpc) is 3.31. The van der Waals surface area contributed by atoms with E-state index in [2.05, 4.69) is 39.1 Å². The lowest BCUT2D eigenvalue weighted by atomic mass is 10.1. The van der Waals surface area contributed by atoms with Crippen molar-refractivity contribution < 1.29 is 4.79 Å². The molecule has 1 N–H and O–H groups in total. The van der Waals surface area contributed by atoms with Crippen molar-refractivity contribution in [2.24, 2.45) is 0 Å². The lowest BCUT2D eigenvalue weighted by Crippen LogP contribution is -2.27. The van der Waals surface area contributed by atoms with Gasteiger partial charge in [-0.15, -0.1) is 21.5 Å². The minimum Gasteiger partial charge on any atom is -0.348 e. The summed E-state index contributed by atoms with van der Waals surface area (Å²) >= 11 is 3.08. The highest BCUT2D eigenvalue weighted by Crippen LogP contribution is 2.21. The van der Waals surface area contributed by atoms with Crippen molar-refractivity contribution in [3.05, 3.63) is 64.1 Å². The number of carbonyl (C=O) groups excluding carboxylic acids is 1. The third-order valence-electron chi connectivity index (χ3n) is 3.99. The van der Waals surface area contributed by atoms with E-state index in [1.165, 1.54) is 17.3 Å². The van der Waals surface area contributed by atoms with Gasteiger partial charge in [0.1, 0.15) is 5.82 Å². The fraction of sp³-hybridized carbons (Fsp3) is 0.316. The van der Waals surface area contributed by atoms with Gasteiger partial charge in [-0.05, 0) is 30.9 Å². The first-order chi connectivity index (χ1) is 12.7. The van der Waals surface area contributed by atoms with Crippen LogP contribution in [-0.4, -0.2) is 26.4 Å². The number of carbonyl (C=O) groups is 1. The summed E-state index contributed by atoms with van der Waals surface area (Å²) in [6.07, 6.45) is 0.740. The molecule has 2 heterocycles. The molecule has 1 amide bonds. The predicted molar refractivity (Wildman–Crippen MR) is 107 cm³/mol. The van der Waals surface area contributed by atoms with Gasteiger partial charge in [0, 0.05) is 17.8 Å². The Hall–Kier alpha value is -2.12. The zero-order chi connectivity index (χ0) is 18.4. The number of amides is 1. The minimum absolute atomic E-state index is 0.00571. The second-order valence-electron chi connectivity index (χ2n) is 5.90. The van der Waals surface area contributed by atoms with Crippen LogP contribution >= 0.6 is 23.1 Å². The van der Waals surface area contributed by atoms with Crippen molar-refractivity contribution in [2.75, 3.05) is 5.75 Å². The van der Waals surface area contributed by atoms with Crippen molar-refractivity contribution in [1.82, 2.24) is 20.1 Å². The maximum absolute atomic E-state index is 12.2. The first kappa shape index (κ1) is 18.7. The Morgan fingerprint density at radius 3 is 2.73 bits per heavy atom. The maximum Gasteiger partial charge on any atom is 0.230 e. The number of aromatic nitrogens is 3. The lowest BCUT2D eigenvalue weighted by Gasteiger charge is -2.12. The molecule has 26 heavy (non-hydrogen) atoms. The Morgan fingerprint density at radius 1 is 1.23 bits per heavy atom. The zero-order valence-corrected chi connectivity index (χ0v) is 16.5. The number of rotatable bonds is 8. The highest BCUT2D eigenvalue weighted by molar-refractivity contribution is 7.99. The van der Waals surface area contributed by atoms with Crippen molar-refractivity contribution in [3.63, 3.8) is 0 Å². The van der Waals surface area contributed by atoms with E-state index in [1.54, 1.807) is 11.3 Å². The van der Waals surface area contributed by atoms with Gasteiger partial charge in [-0.1, -0.05) is 48.2 Å². The molecular weight excluding hydrogens is 364 g/mol. The maximum atomic E-state index is 12.2. The van der Waals surface area contributed by atoms with Crippen molar-refractivity contribution in [2.45, 2.75) is 38.0 Å². The molecular formula is C19H22N4OS2.